The SMILES string of the molecule is COc1ccc(C(=O)Nc2ccccc2C(=O)Nc2cc(C(C)C)[nH]n2)cc1. The van der Waals surface area contributed by atoms with Crippen LogP contribution in [0.3, 0.4) is 0 Å². The van der Waals surface area contributed by atoms with Gasteiger partial charge in [-0.1, -0.05) is 26.0 Å². The van der Waals surface area contributed by atoms with Crippen LogP contribution in [0.5, 0.6) is 5.75 Å². The summed E-state index contributed by atoms with van der Waals surface area (Å²) in [5, 5.41) is 12.5. The Labute approximate surface area is 163 Å². The predicted octanol–water partition coefficient (Wildman–Crippen LogP) is 4.05. The maximum atomic E-state index is 12.7. The van der Waals surface area contributed by atoms with Gasteiger partial charge in [0.25, 0.3) is 11.8 Å². The third-order valence-electron chi connectivity index (χ3n) is 4.23. The van der Waals surface area contributed by atoms with Gasteiger partial charge in [0.05, 0.1) is 18.4 Å². The second kappa shape index (κ2) is 8.39. The fraction of sp³-hybridized carbons (Fsp3) is 0.190. The van der Waals surface area contributed by atoms with Crippen LogP contribution in [0.4, 0.5) is 11.5 Å². The summed E-state index contributed by atoms with van der Waals surface area (Å²) in [5.74, 6) is 0.701. The van der Waals surface area contributed by atoms with Gasteiger partial charge in [0.1, 0.15) is 5.75 Å². The third kappa shape index (κ3) is 4.37. The molecular weight excluding hydrogens is 356 g/mol. The van der Waals surface area contributed by atoms with Crippen molar-refractivity contribution in [1.82, 2.24) is 10.2 Å². The first kappa shape index (κ1) is 19.2. The van der Waals surface area contributed by atoms with Gasteiger partial charge in [0.2, 0.25) is 0 Å². The van der Waals surface area contributed by atoms with Crippen molar-refractivity contribution in [3.05, 3.63) is 71.4 Å². The number of nitrogens with zero attached hydrogens (tertiary/aromatic N) is 1. The van der Waals surface area contributed by atoms with Crippen LogP contribution in [-0.2, 0) is 0 Å². The number of rotatable bonds is 6. The Morgan fingerprint density at radius 2 is 1.71 bits per heavy atom. The predicted molar refractivity (Wildman–Crippen MR) is 108 cm³/mol. The average molecular weight is 378 g/mol. The van der Waals surface area contributed by atoms with Gasteiger partial charge in [-0.3, -0.25) is 14.7 Å². The molecule has 0 atom stereocenters. The Morgan fingerprint density at radius 1 is 1.00 bits per heavy atom. The molecule has 0 aliphatic carbocycles. The van der Waals surface area contributed by atoms with Crippen LogP contribution in [0.25, 0.3) is 0 Å². The average Bonchev–Trinajstić information content (AvgIpc) is 3.17. The minimum Gasteiger partial charge on any atom is -0.497 e. The van der Waals surface area contributed by atoms with E-state index in [0.29, 0.717) is 28.4 Å². The van der Waals surface area contributed by atoms with E-state index in [0.717, 1.165) is 5.69 Å². The number of ether oxygens (including phenoxy) is 1. The van der Waals surface area contributed by atoms with Gasteiger partial charge in [0.15, 0.2) is 5.82 Å². The largest absolute Gasteiger partial charge is 0.497 e. The van der Waals surface area contributed by atoms with Gasteiger partial charge in [0, 0.05) is 17.3 Å². The van der Waals surface area contributed by atoms with E-state index in [1.54, 1.807) is 61.7 Å². The Balaban J connectivity index is 1.75. The highest BCUT2D eigenvalue weighted by Crippen LogP contribution is 2.20. The molecule has 0 radical (unpaired) electrons. The van der Waals surface area contributed by atoms with E-state index in [1.165, 1.54) is 0 Å². The molecule has 0 fully saturated rings. The number of hydrogen-bond donors (Lipinski definition) is 3. The normalized spacial score (nSPS) is 10.6. The highest BCUT2D eigenvalue weighted by molar-refractivity contribution is 6.12. The molecule has 1 heterocycles. The molecule has 0 saturated heterocycles. The molecule has 0 aliphatic rings. The van der Waals surface area contributed by atoms with Crippen LogP contribution in [0.1, 0.15) is 46.2 Å². The second-order valence-electron chi connectivity index (χ2n) is 6.55. The van der Waals surface area contributed by atoms with Gasteiger partial charge < -0.3 is 15.4 Å². The van der Waals surface area contributed by atoms with Gasteiger partial charge in [-0.25, -0.2) is 0 Å². The van der Waals surface area contributed by atoms with Gasteiger partial charge in [-0.2, -0.15) is 5.10 Å². The number of H-pyrrole nitrogens is 1. The maximum Gasteiger partial charge on any atom is 0.258 e. The third-order valence-corrected chi connectivity index (χ3v) is 4.23. The number of benzene rings is 2. The van der Waals surface area contributed by atoms with Gasteiger partial charge in [-0.15, -0.1) is 0 Å². The van der Waals surface area contributed by atoms with E-state index in [4.69, 9.17) is 4.74 Å². The number of anilines is 2. The van der Waals surface area contributed by atoms with Crippen LogP contribution in [0.15, 0.2) is 54.6 Å². The fourth-order valence-corrected chi connectivity index (χ4v) is 2.61. The summed E-state index contributed by atoms with van der Waals surface area (Å²) < 4.78 is 5.10. The topological polar surface area (TPSA) is 96.1 Å². The summed E-state index contributed by atoms with van der Waals surface area (Å²) in [6.07, 6.45) is 0. The number of aromatic nitrogens is 2. The number of carbonyl (C=O) groups is 2. The first-order chi connectivity index (χ1) is 13.5. The lowest BCUT2D eigenvalue weighted by molar-refractivity contribution is 0.102. The van der Waals surface area contributed by atoms with E-state index in [2.05, 4.69) is 20.8 Å². The molecule has 7 heteroatoms. The molecule has 3 rings (SSSR count). The van der Waals surface area contributed by atoms with Crippen molar-refractivity contribution < 1.29 is 14.3 Å². The summed E-state index contributed by atoms with van der Waals surface area (Å²) in [7, 11) is 1.56. The van der Waals surface area contributed by atoms with E-state index in [1.807, 2.05) is 13.8 Å². The number of amides is 2. The molecule has 0 spiro atoms. The summed E-state index contributed by atoms with van der Waals surface area (Å²) in [4.78, 5) is 25.2. The first-order valence-electron chi connectivity index (χ1n) is 8.89. The molecule has 144 valence electrons. The van der Waals surface area contributed by atoms with Crippen LogP contribution in [0.2, 0.25) is 0 Å². The lowest BCUT2D eigenvalue weighted by Gasteiger charge is -2.11. The lowest BCUT2D eigenvalue weighted by atomic mass is 10.1. The molecular formula is C21H22N4O3. The Kier molecular flexibility index (Phi) is 5.74. The van der Waals surface area contributed by atoms with E-state index < -0.39 is 0 Å². The van der Waals surface area contributed by atoms with Crippen molar-refractivity contribution in [2.45, 2.75) is 19.8 Å². The second-order valence-corrected chi connectivity index (χ2v) is 6.55. The van der Waals surface area contributed by atoms with Gasteiger partial charge in [-0.05, 0) is 42.3 Å². The number of carbonyl (C=O) groups excluding carboxylic acids is 2. The van der Waals surface area contributed by atoms with Crippen LogP contribution >= 0.6 is 0 Å². The molecule has 1 aromatic heterocycles. The van der Waals surface area contributed by atoms with Crippen molar-refractivity contribution in [3.8, 4) is 5.75 Å². The summed E-state index contributed by atoms with van der Waals surface area (Å²) in [6, 6.07) is 15.3. The van der Waals surface area contributed by atoms with Crippen molar-refractivity contribution in [2.24, 2.45) is 0 Å². The smallest absolute Gasteiger partial charge is 0.258 e. The lowest BCUT2D eigenvalue weighted by Crippen LogP contribution is -2.18. The molecule has 7 nitrogen and oxygen atoms in total. The number of para-hydroxylation sites is 1. The standard InChI is InChI=1S/C21H22N4O3/c1-13(2)18-12-19(25-24-18)23-21(27)16-6-4-5-7-17(16)22-20(26)14-8-10-15(28-3)11-9-14/h4-13H,1-3H3,(H,22,26)(H2,23,24,25,27). The Bertz CT molecular complexity index is 977. The minimum atomic E-state index is -0.354. The molecule has 0 bridgehead atoms. The van der Waals surface area contributed by atoms with E-state index in [-0.39, 0.29) is 17.7 Å². The zero-order valence-electron chi connectivity index (χ0n) is 15.9. The zero-order chi connectivity index (χ0) is 20.1. The zero-order valence-corrected chi connectivity index (χ0v) is 15.9. The number of methoxy groups -OCH3 is 1. The van der Waals surface area contributed by atoms with E-state index in [9.17, 15) is 9.59 Å². The quantitative estimate of drug-likeness (QED) is 0.603. The highest BCUT2D eigenvalue weighted by atomic mass is 16.5. The Hall–Kier alpha value is -3.61. The van der Waals surface area contributed by atoms with E-state index >= 15 is 0 Å². The van der Waals surface area contributed by atoms with Crippen molar-refractivity contribution in [1.29, 1.82) is 0 Å². The summed E-state index contributed by atoms with van der Waals surface area (Å²) >= 11 is 0. The highest BCUT2D eigenvalue weighted by Gasteiger charge is 2.16. The monoisotopic (exact) mass is 378 g/mol. The number of nitrogens with one attached hydrogen (secondary N) is 3. The molecule has 0 unspecified atom stereocenters. The van der Waals surface area contributed by atoms with Gasteiger partial charge >= 0.3 is 0 Å². The minimum absolute atomic E-state index is 0.272. The van der Waals surface area contributed by atoms with Crippen molar-refractivity contribution in [2.75, 3.05) is 17.7 Å². The molecule has 2 aromatic carbocycles. The molecule has 2 amide bonds. The molecule has 28 heavy (non-hydrogen) atoms. The molecule has 3 aromatic rings. The number of hydrogen-bond acceptors (Lipinski definition) is 4. The fourth-order valence-electron chi connectivity index (χ4n) is 2.61. The van der Waals surface area contributed by atoms with Crippen molar-refractivity contribution in [3.63, 3.8) is 0 Å². The molecule has 0 saturated carbocycles. The maximum absolute atomic E-state index is 12.7. The summed E-state index contributed by atoms with van der Waals surface area (Å²) in [6.45, 7) is 4.06. The summed E-state index contributed by atoms with van der Waals surface area (Å²) in [5.41, 5.74) is 2.15. The Morgan fingerprint density at radius 3 is 2.36 bits per heavy atom. The number of aromatic amines is 1. The van der Waals surface area contributed by atoms with Crippen molar-refractivity contribution >= 4 is 23.3 Å². The molecule has 3 N–H and O–H groups in total. The van der Waals surface area contributed by atoms with Crippen LogP contribution in [0, 0.1) is 0 Å². The first-order valence-corrected chi connectivity index (χ1v) is 8.89. The van der Waals surface area contributed by atoms with Crippen LogP contribution < -0.4 is 15.4 Å². The van der Waals surface area contributed by atoms with Crippen LogP contribution in [-0.4, -0.2) is 29.1 Å². The molecule has 0 aliphatic heterocycles.